The smallest absolute Gasteiger partial charge is 0.311 e. The van der Waals surface area contributed by atoms with Crippen molar-refractivity contribution in [1.82, 2.24) is 4.98 Å². The molecule has 17 heavy (non-hydrogen) atoms. The predicted octanol–water partition coefficient (Wildman–Crippen LogP) is 3.00. The lowest BCUT2D eigenvalue weighted by molar-refractivity contribution is -0.384. The van der Waals surface area contributed by atoms with Crippen LogP contribution in [0.25, 0.3) is 11.1 Å². The molecule has 2 rings (SSSR count). The summed E-state index contributed by atoms with van der Waals surface area (Å²) in [6.07, 6.45) is 1.52. The summed E-state index contributed by atoms with van der Waals surface area (Å²) in [5, 5.41) is 10.7. The maximum absolute atomic E-state index is 10.7. The molecule has 0 atom stereocenters. The summed E-state index contributed by atoms with van der Waals surface area (Å²) in [7, 11) is 0. The second-order valence-corrected chi connectivity index (χ2v) is 4.31. The molecule has 0 aliphatic heterocycles. The highest BCUT2D eigenvalue weighted by Gasteiger charge is 2.13. The third-order valence-electron chi connectivity index (χ3n) is 2.27. The van der Waals surface area contributed by atoms with Gasteiger partial charge in [0.2, 0.25) is 5.82 Å². The Kier molecular flexibility index (Phi) is 3.06. The molecule has 86 valence electrons. The van der Waals surface area contributed by atoms with E-state index in [1.165, 1.54) is 12.3 Å². The first-order valence-electron chi connectivity index (χ1n) is 4.74. The van der Waals surface area contributed by atoms with Crippen molar-refractivity contribution in [2.75, 3.05) is 5.73 Å². The van der Waals surface area contributed by atoms with Crippen LogP contribution in [0.3, 0.4) is 0 Å². The lowest BCUT2D eigenvalue weighted by Gasteiger charge is -2.02. The Balaban J connectivity index is 2.50. The van der Waals surface area contributed by atoms with Crippen LogP contribution in [0.1, 0.15) is 0 Å². The van der Waals surface area contributed by atoms with Crippen LogP contribution in [0, 0.1) is 10.1 Å². The molecule has 0 saturated heterocycles. The van der Waals surface area contributed by atoms with Crippen LogP contribution >= 0.6 is 15.9 Å². The molecule has 1 aromatic carbocycles. The van der Waals surface area contributed by atoms with Gasteiger partial charge < -0.3 is 5.73 Å². The summed E-state index contributed by atoms with van der Waals surface area (Å²) in [6, 6.07) is 8.84. The molecule has 0 aliphatic rings. The van der Waals surface area contributed by atoms with E-state index in [9.17, 15) is 10.1 Å². The molecule has 0 fully saturated rings. The van der Waals surface area contributed by atoms with E-state index in [0.717, 1.165) is 10.0 Å². The van der Waals surface area contributed by atoms with Crippen molar-refractivity contribution in [3.8, 4) is 11.1 Å². The van der Waals surface area contributed by atoms with Gasteiger partial charge in [0, 0.05) is 22.3 Å². The normalized spacial score (nSPS) is 10.2. The van der Waals surface area contributed by atoms with Crippen molar-refractivity contribution in [3.05, 3.63) is 51.1 Å². The third-order valence-corrected chi connectivity index (χ3v) is 2.80. The largest absolute Gasteiger partial charge is 0.378 e. The number of hydrogen-bond donors (Lipinski definition) is 1. The predicted molar refractivity (Wildman–Crippen MR) is 68.4 cm³/mol. The third kappa shape index (κ3) is 2.42. The molecular weight excluding hydrogens is 286 g/mol. The molecule has 0 unspecified atom stereocenters. The first kappa shape index (κ1) is 11.5. The number of aromatic nitrogens is 1. The number of pyridine rings is 1. The molecule has 0 aliphatic carbocycles. The maximum atomic E-state index is 10.7. The van der Waals surface area contributed by atoms with Crippen molar-refractivity contribution < 1.29 is 4.92 Å². The average molecular weight is 294 g/mol. The van der Waals surface area contributed by atoms with Gasteiger partial charge in [0.15, 0.2) is 0 Å². The van der Waals surface area contributed by atoms with Crippen LogP contribution in [0.15, 0.2) is 41.0 Å². The molecule has 0 amide bonds. The van der Waals surface area contributed by atoms with Gasteiger partial charge in [-0.1, -0.05) is 28.1 Å². The van der Waals surface area contributed by atoms with Crippen molar-refractivity contribution in [2.45, 2.75) is 0 Å². The van der Waals surface area contributed by atoms with E-state index in [4.69, 9.17) is 5.73 Å². The molecule has 6 heteroatoms. The zero-order valence-electron chi connectivity index (χ0n) is 8.63. The summed E-state index contributed by atoms with van der Waals surface area (Å²) >= 11 is 3.32. The zero-order valence-corrected chi connectivity index (χ0v) is 10.2. The van der Waals surface area contributed by atoms with Crippen molar-refractivity contribution >= 4 is 27.4 Å². The van der Waals surface area contributed by atoms with Gasteiger partial charge in [-0.15, -0.1) is 0 Å². The Labute approximate surface area is 106 Å². The van der Waals surface area contributed by atoms with E-state index in [1.807, 2.05) is 24.3 Å². The van der Waals surface area contributed by atoms with Crippen LogP contribution in [-0.2, 0) is 0 Å². The van der Waals surface area contributed by atoms with Gasteiger partial charge in [-0.05, 0) is 17.7 Å². The number of rotatable bonds is 2. The van der Waals surface area contributed by atoms with Crippen molar-refractivity contribution in [3.63, 3.8) is 0 Å². The van der Waals surface area contributed by atoms with Crippen molar-refractivity contribution in [2.24, 2.45) is 0 Å². The number of hydrogen-bond acceptors (Lipinski definition) is 4. The molecule has 0 spiro atoms. The highest BCUT2D eigenvalue weighted by atomic mass is 79.9. The summed E-state index contributed by atoms with van der Waals surface area (Å²) < 4.78 is 0.944. The second kappa shape index (κ2) is 4.50. The number of nitrogen functional groups attached to an aromatic ring is 1. The molecule has 0 radical (unpaired) electrons. The van der Waals surface area contributed by atoms with E-state index in [-0.39, 0.29) is 11.5 Å². The molecule has 1 heterocycles. The number of nitro groups is 1. The highest BCUT2D eigenvalue weighted by molar-refractivity contribution is 9.10. The fourth-order valence-electron chi connectivity index (χ4n) is 1.41. The van der Waals surface area contributed by atoms with Crippen LogP contribution in [0.5, 0.6) is 0 Å². The van der Waals surface area contributed by atoms with Gasteiger partial charge in [0.1, 0.15) is 0 Å². The Morgan fingerprint density at radius 1 is 1.24 bits per heavy atom. The van der Waals surface area contributed by atoms with E-state index in [0.29, 0.717) is 5.56 Å². The van der Waals surface area contributed by atoms with Crippen molar-refractivity contribution in [1.29, 1.82) is 0 Å². The first-order valence-corrected chi connectivity index (χ1v) is 5.53. The van der Waals surface area contributed by atoms with E-state index in [2.05, 4.69) is 20.9 Å². The minimum absolute atomic E-state index is 0.0733. The Hall–Kier alpha value is -1.95. The zero-order chi connectivity index (χ0) is 12.4. The van der Waals surface area contributed by atoms with Gasteiger partial charge in [-0.2, -0.15) is 0 Å². The standard InChI is InChI=1S/C11H8BrN3O2/c12-9-3-1-7(2-4-9)8-5-10(15(16)17)11(13)14-6-8/h1-6H,(H2,13,14). The number of nitrogens with two attached hydrogens (primary N) is 1. The minimum atomic E-state index is -0.537. The van der Waals surface area contributed by atoms with Crippen LogP contribution < -0.4 is 5.73 Å². The Morgan fingerprint density at radius 2 is 1.88 bits per heavy atom. The fraction of sp³-hybridized carbons (Fsp3) is 0. The number of halogens is 1. The second-order valence-electron chi connectivity index (χ2n) is 3.39. The lowest BCUT2D eigenvalue weighted by Crippen LogP contribution is -1.98. The molecule has 0 saturated carbocycles. The summed E-state index contributed by atoms with van der Waals surface area (Å²) in [6.45, 7) is 0. The van der Waals surface area contributed by atoms with Gasteiger partial charge in [-0.3, -0.25) is 10.1 Å². The van der Waals surface area contributed by atoms with Gasteiger partial charge >= 0.3 is 5.69 Å². The Bertz CT molecular complexity index is 569. The minimum Gasteiger partial charge on any atom is -0.378 e. The number of benzene rings is 1. The van der Waals surface area contributed by atoms with E-state index >= 15 is 0 Å². The average Bonchev–Trinajstić information content (AvgIpc) is 2.30. The lowest BCUT2D eigenvalue weighted by atomic mass is 10.1. The number of anilines is 1. The van der Waals surface area contributed by atoms with Crippen LogP contribution in [-0.4, -0.2) is 9.91 Å². The summed E-state index contributed by atoms with van der Waals surface area (Å²) in [5.41, 5.74) is 6.77. The number of nitrogens with zero attached hydrogens (tertiary/aromatic N) is 2. The molecule has 5 nitrogen and oxygen atoms in total. The van der Waals surface area contributed by atoms with Crippen LogP contribution in [0.4, 0.5) is 11.5 Å². The topological polar surface area (TPSA) is 82.0 Å². The van der Waals surface area contributed by atoms with Gasteiger partial charge in [0.25, 0.3) is 0 Å². The SMILES string of the molecule is Nc1ncc(-c2ccc(Br)cc2)cc1[N+](=O)[O-]. The summed E-state index contributed by atoms with van der Waals surface area (Å²) in [5.74, 6) is -0.0733. The molecule has 2 aromatic rings. The molecular formula is C11H8BrN3O2. The van der Waals surface area contributed by atoms with Crippen LogP contribution in [0.2, 0.25) is 0 Å². The molecule has 1 aromatic heterocycles. The Morgan fingerprint density at radius 3 is 2.47 bits per heavy atom. The first-order chi connectivity index (χ1) is 8.08. The van der Waals surface area contributed by atoms with Gasteiger partial charge in [-0.25, -0.2) is 4.98 Å². The monoisotopic (exact) mass is 293 g/mol. The highest BCUT2D eigenvalue weighted by Crippen LogP contribution is 2.27. The maximum Gasteiger partial charge on any atom is 0.311 e. The quantitative estimate of drug-likeness (QED) is 0.681. The van der Waals surface area contributed by atoms with E-state index in [1.54, 1.807) is 0 Å². The van der Waals surface area contributed by atoms with Gasteiger partial charge in [0.05, 0.1) is 4.92 Å². The molecule has 2 N–H and O–H groups in total. The molecule has 0 bridgehead atoms. The summed E-state index contributed by atoms with van der Waals surface area (Å²) in [4.78, 5) is 14.0. The fourth-order valence-corrected chi connectivity index (χ4v) is 1.67. The van der Waals surface area contributed by atoms with E-state index < -0.39 is 4.92 Å².